The summed E-state index contributed by atoms with van der Waals surface area (Å²) in [6, 6.07) is 15.6. The maximum atomic E-state index is 12.9. The second kappa shape index (κ2) is 11.8. The third-order valence-corrected chi connectivity index (χ3v) is 6.18. The lowest BCUT2D eigenvalue weighted by molar-refractivity contribution is -0.115. The fourth-order valence-electron chi connectivity index (χ4n) is 4.51. The Morgan fingerprint density at radius 3 is 2.37 bits per heavy atom. The Bertz CT molecular complexity index is 1110. The highest BCUT2D eigenvalue weighted by molar-refractivity contribution is 5.92. The van der Waals surface area contributed by atoms with Gasteiger partial charge in [-0.2, -0.15) is 0 Å². The molecule has 1 saturated carbocycles. The summed E-state index contributed by atoms with van der Waals surface area (Å²) in [6.07, 6.45) is 7.87. The molecule has 0 unspecified atom stereocenters. The van der Waals surface area contributed by atoms with Crippen molar-refractivity contribution < 1.29 is 14.3 Å². The van der Waals surface area contributed by atoms with Crippen LogP contribution in [0, 0.1) is 5.92 Å². The van der Waals surface area contributed by atoms with Crippen LogP contribution in [-0.4, -0.2) is 28.6 Å². The van der Waals surface area contributed by atoms with Crippen LogP contribution in [0.5, 0.6) is 11.5 Å². The molecule has 1 heterocycles. The number of rotatable bonds is 10. The van der Waals surface area contributed by atoms with E-state index < -0.39 is 0 Å². The minimum atomic E-state index is -0.0988. The summed E-state index contributed by atoms with van der Waals surface area (Å²) >= 11 is 0. The number of amides is 1. The van der Waals surface area contributed by atoms with Crippen molar-refractivity contribution in [2.24, 2.45) is 5.92 Å². The number of anilines is 1. The zero-order valence-corrected chi connectivity index (χ0v) is 20.9. The molecule has 0 aliphatic heterocycles. The number of benzene rings is 2. The van der Waals surface area contributed by atoms with Gasteiger partial charge in [0.2, 0.25) is 5.91 Å². The van der Waals surface area contributed by atoms with Gasteiger partial charge in [-0.05, 0) is 75.1 Å². The lowest BCUT2D eigenvalue weighted by Crippen LogP contribution is -2.18. The molecule has 1 amide bonds. The van der Waals surface area contributed by atoms with Gasteiger partial charge in [-0.3, -0.25) is 4.79 Å². The number of aromatic nitrogens is 2. The number of hydrogen-bond donors (Lipinski definition) is 1. The third kappa shape index (κ3) is 7.04. The molecule has 1 aliphatic rings. The normalized spacial score (nSPS) is 13.7. The summed E-state index contributed by atoms with van der Waals surface area (Å²) < 4.78 is 11.2. The van der Waals surface area contributed by atoms with Crippen molar-refractivity contribution in [2.45, 2.75) is 65.4 Å². The molecule has 6 nitrogen and oxygen atoms in total. The molecule has 35 heavy (non-hydrogen) atoms. The Kier molecular flexibility index (Phi) is 8.35. The fraction of sp³-hybridized carbons (Fsp3) is 0.414. The average Bonchev–Trinajstić information content (AvgIpc) is 3.35. The van der Waals surface area contributed by atoms with Crippen LogP contribution >= 0.6 is 0 Å². The molecule has 0 spiro atoms. The molecule has 0 atom stereocenters. The van der Waals surface area contributed by atoms with Gasteiger partial charge in [-0.15, -0.1) is 0 Å². The van der Waals surface area contributed by atoms with Crippen molar-refractivity contribution in [1.29, 1.82) is 0 Å². The van der Waals surface area contributed by atoms with E-state index in [9.17, 15) is 4.79 Å². The van der Waals surface area contributed by atoms with Crippen molar-refractivity contribution in [2.75, 3.05) is 11.9 Å². The Labute approximate surface area is 208 Å². The van der Waals surface area contributed by atoms with Crippen molar-refractivity contribution in [3.8, 4) is 22.8 Å². The van der Waals surface area contributed by atoms with E-state index in [1.54, 1.807) is 6.20 Å². The van der Waals surface area contributed by atoms with Crippen molar-refractivity contribution >= 4 is 11.7 Å². The largest absolute Gasteiger partial charge is 0.494 e. The fourth-order valence-corrected chi connectivity index (χ4v) is 4.51. The molecule has 1 aromatic heterocycles. The van der Waals surface area contributed by atoms with Gasteiger partial charge in [-0.1, -0.05) is 37.8 Å². The number of nitrogens with one attached hydrogen (secondary N) is 1. The van der Waals surface area contributed by atoms with Gasteiger partial charge in [0.05, 0.1) is 36.7 Å². The maximum absolute atomic E-state index is 12.9. The Balaban J connectivity index is 1.49. The second-order valence-electron chi connectivity index (χ2n) is 9.40. The van der Waals surface area contributed by atoms with E-state index >= 15 is 0 Å². The topological polar surface area (TPSA) is 73.3 Å². The molecule has 0 bridgehead atoms. The number of carbonyl (C=O) groups excluding carboxylic acids is 1. The summed E-state index contributed by atoms with van der Waals surface area (Å²) in [5.74, 6) is 2.69. The molecule has 184 valence electrons. The molecule has 3 aromatic rings. The summed E-state index contributed by atoms with van der Waals surface area (Å²) in [5, 5.41) is 3.02. The Hall–Kier alpha value is -3.41. The quantitative estimate of drug-likeness (QED) is 0.377. The van der Waals surface area contributed by atoms with Crippen LogP contribution in [0.2, 0.25) is 0 Å². The summed E-state index contributed by atoms with van der Waals surface area (Å²) in [4.78, 5) is 22.4. The highest BCUT2D eigenvalue weighted by Gasteiger charge is 2.20. The highest BCUT2D eigenvalue weighted by Crippen LogP contribution is 2.30. The zero-order chi connectivity index (χ0) is 24.6. The van der Waals surface area contributed by atoms with Crippen LogP contribution < -0.4 is 14.8 Å². The minimum Gasteiger partial charge on any atom is -0.494 e. The summed E-state index contributed by atoms with van der Waals surface area (Å²) in [5.41, 5.74) is 3.57. The van der Waals surface area contributed by atoms with Gasteiger partial charge in [0.15, 0.2) is 5.82 Å². The lowest BCUT2D eigenvalue weighted by atomic mass is 10.0. The minimum absolute atomic E-state index is 0.0988. The molecule has 6 heteroatoms. The van der Waals surface area contributed by atoms with Crippen LogP contribution in [0.3, 0.4) is 0 Å². The number of nitrogens with zero attached hydrogens (tertiary/aromatic N) is 2. The van der Waals surface area contributed by atoms with Gasteiger partial charge in [0, 0.05) is 5.56 Å². The molecule has 2 aromatic carbocycles. The van der Waals surface area contributed by atoms with Gasteiger partial charge in [0.25, 0.3) is 0 Å². The molecule has 0 saturated heterocycles. The lowest BCUT2D eigenvalue weighted by Gasteiger charge is -2.15. The first-order valence-corrected chi connectivity index (χ1v) is 12.6. The van der Waals surface area contributed by atoms with Gasteiger partial charge in [-0.25, -0.2) is 9.97 Å². The monoisotopic (exact) mass is 473 g/mol. The molecule has 1 N–H and O–H groups in total. The van der Waals surface area contributed by atoms with E-state index in [0.717, 1.165) is 40.4 Å². The smallest absolute Gasteiger partial charge is 0.229 e. The summed E-state index contributed by atoms with van der Waals surface area (Å²) in [7, 11) is 0. The van der Waals surface area contributed by atoms with E-state index in [1.165, 1.54) is 25.7 Å². The summed E-state index contributed by atoms with van der Waals surface area (Å²) in [6.45, 7) is 6.59. The van der Waals surface area contributed by atoms with E-state index in [-0.39, 0.29) is 18.4 Å². The Morgan fingerprint density at radius 1 is 1.03 bits per heavy atom. The molecule has 4 rings (SSSR count). The van der Waals surface area contributed by atoms with E-state index in [0.29, 0.717) is 18.3 Å². The predicted octanol–water partition coefficient (Wildman–Crippen LogP) is 6.24. The maximum Gasteiger partial charge on any atom is 0.229 e. The van der Waals surface area contributed by atoms with Crippen LogP contribution in [0.25, 0.3) is 11.3 Å². The molecule has 1 fully saturated rings. The van der Waals surface area contributed by atoms with E-state index in [1.807, 2.05) is 69.3 Å². The van der Waals surface area contributed by atoms with Crippen LogP contribution in [0.4, 0.5) is 5.82 Å². The molecular formula is C29H35N3O3. The molecule has 1 aliphatic carbocycles. The van der Waals surface area contributed by atoms with Crippen LogP contribution in [-0.2, 0) is 17.6 Å². The first kappa shape index (κ1) is 24.7. The van der Waals surface area contributed by atoms with E-state index in [4.69, 9.17) is 14.5 Å². The Morgan fingerprint density at radius 2 is 1.71 bits per heavy atom. The standard InChI is InChI=1S/C29H35N3O3/c1-4-34-24-15-11-23(12-16-24)27-19-30-29(26(31-27)17-21-7-5-6-8-21)32-28(33)18-22-9-13-25(14-10-22)35-20(2)3/h9-16,19-21H,4-8,17-18H2,1-3H3,(H,30,32,33). The van der Waals surface area contributed by atoms with Gasteiger partial charge in [0.1, 0.15) is 11.5 Å². The highest BCUT2D eigenvalue weighted by atomic mass is 16.5. The van der Waals surface area contributed by atoms with Crippen molar-refractivity contribution in [3.05, 3.63) is 66.0 Å². The average molecular weight is 474 g/mol. The first-order valence-electron chi connectivity index (χ1n) is 12.6. The third-order valence-electron chi connectivity index (χ3n) is 6.18. The van der Waals surface area contributed by atoms with Crippen LogP contribution in [0.15, 0.2) is 54.7 Å². The SMILES string of the molecule is CCOc1ccc(-c2cnc(NC(=O)Cc3ccc(OC(C)C)cc3)c(CC3CCCC3)n2)cc1. The number of ether oxygens (including phenoxy) is 2. The van der Waals surface area contributed by atoms with Crippen molar-refractivity contribution in [3.63, 3.8) is 0 Å². The van der Waals surface area contributed by atoms with E-state index in [2.05, 4.69) is 10.3 Å². The zero-order valence-electron chi connectivity index (χ0n) is 20.9. The van der Waals surface area contributed by atoms with Crippen molar-refractivity contribution in [1.82, 2.24) is 9.97 Å². The van der Waals surface area contributed by atoms with Crippen LogP contribution in [0.1, 0.15) is 57.7 Å². The van der Waals surface area contributed by atoms with Gasteiger partial charge >= 0.3 is 0 Å². The molecule has 0 radical (unpaired) electrons. The predicted molar refractivity (Wildman–Crippen MR) is 139 cm³/mol. The second-order valence-corrected chi connectivity index (χ2v) is 9.40. The first-order chi connectivity index (χ1) is 17.0. The number of carbonyl (C=O) groups is 1. The van der Waals surface area contributed by atoms with Gasteiger partial charge < -0.3 is 14.8 Å². The number of hydrogen-bond acceptors (Lipinski definition) is 5. The molecular weight excluding hydrogens is 438 g/mol.